The lowest BCUT2D eigenvalue weighted by molar-refractivity contribution is 0.578. The van der Waals surface area contributed by atoms with Crippen molar-refractivity contribution in [1.29, 1.82) is 5.26 Å². The number of halogens is 2. The molecule has 0 amide bonds. The van der Waals surface area contributed by atoms with Crippen LogP contribution < -0.4 is 10.2 Å². The largest absolute Gasteiger partial charge is 0.388 e. The minimum atomic E-state index is -0.441. The lowest BCUT2D eigenvalue weighted by atomic mass is 9.93. The molecule has 0 saturated carbocycles. The first-order valence-corrected chi connectivity index (χ1v) is 11.2. The molecule has 0 spiro atoms. The van der Waals surface area contributed by atoms with E-state index in [-0.39, 0.29) is 18.0 Å². The predicted molar refractivity (Wildman–Crippen MR) is 137 cm³/mol. The zero-order valence-electron chi connectivity index (χ0n) is 19.2. The van der Waals surface area contributed by atoms with Gasteiger partial charge in [-0.25, -0.2) is 9.37 Å². The number of aromatic nitrogens is 3. The summed E-state index contributed by atoms with van der Waals surface area (Å²) in [6.45, 7) is 4.04. The van der Waals surface area contributed by atoms with Crippen molar-refractivity contribution in [1.82, 2.24) is 15.2 Å². The number of fused-ring (bicyclic) bond motifs is 1. The van der Waals surface area contributed by atoms with Gasteiger partial charge in [0.05, 0.1) is 16.6 Å². The molecule has 1 aliphatic heterocycles. The molecular weight excluding hydrogens is 451 g/mol. The van der Waals surface area contributed by atoms with Gasteiger partial charge in [0.15, 0.2) is 5.65 Å². The molecule has 1 fully saturated rings. The zero-order chi connectivity index (χ0) is 22.9. The Kier molecular flexibility index (Phi) is 6.71. The van der Waals surface area contributed by atoms with Crippen LogP contribution in [0.1, 0.15) is 30.5 Å². The summed E-state index contributed by atoms with van der Waals surface area (Å²) in [7, 11) is 1.73. The molecule has 8 heteroatoms. The van der Waals surface area contributed by atoms with Crippen LogP contribution in [-0.4, -0.2) is 35.3 Å². The molecule has 1 saturated heterocycles. The molecule has 2 N–H and O–H groups in total. The van der Waals surface area contributed by atoms with Crippen LogP contribution in [0.5, 0.6) is 0 Å². The van der Waals surface area contributed by atoms with E-state index in [0.717, 1.165) is 35.3 Å². The highest BCUT2D eigenvalue weighted by Crippen LogP contribution is 2.39. The standard InChI is InChI=1S/C26H25FN6.ClH/c1-16-23-24(17-6-9-19(10-7-17)33-12-4-3-5-13-33)21(15-28)25(30-26(23)32-31-16)20-11-8-18(29-2)14-22(20)27;/h6-11,14,29H,3-5,12-13H2,1-2H3,(H,30,31,32);1H. The summed E-state index contributed by atoms with van der Waals surface area (Å²) in [5, 5.41) is 21.2. The van der Waals surface area contributed by atoms with Gasteiger partial charge in [0.2, 0.25) is 0 Å². The number of nitrogens with one attached hydrogen (secondary N) is 2. The van der Waals surface area contributed by atoms with Gasteiger partial charge < -0.3 is 10.2 Å². The topological polar surface area (TPSA) is 80.6 Å². The second-order valence-electron chi connectivity index (χ2n) is 8.41. The number of aryl methyl sites for hydroxylation is 1. The van der Waals surface area contributed by atoms with Crippen LogP contribution in [0.3, 0.4) is 0 Å². The van der Waals surface area contributed by atoms with Crippen molar-refractivity contribution >= 4 is 34.8 Å². The summed E-state index contributed by atoms with van der Waals surface area (Å²) in [5.74, 6) is -0.441. The third kappa shape index (κ3) is 4.06. The van der Waals surface area contributed by atoms with Crippen LogP contribution in [0.4, 0.5) is 15.8 Å². The van der Waals surface area contributed by atoms with E-state index in [1.165, 1.54) is 31.0 Å². The zero-order valence-corrected chi connectivity index (χ0v) is 20.0. The van der Waals surface area contributed by atoms with E-state index in [0.29, 0.717) is 22.6 Å². The number of pyridine rings is 1. The van der Waals surface area contributed by atoms with E-state index < -0.39 is 5.82 Å². The van der Waals surface area contributed by atoms with Crippen molar-refractivity contribution in [3.8, 4) is 28.5 Å². The fourth-order valence-electron chi connectivity index (χ4n) is 4.65. The number of hydrogen-bond acceptors (Lipinski definition) is 5. The second-order valence-corrected chi connectivity index (χ2v) is 8.41. The second kappa shape index (κ2) is 9.70. The van der Waals surface area contributed by atoms with E-state index in [1.807, 2.05) is 19.1 Å². The van der Waals surface area contributed by atoms with E-state index in [1.54, 1.807) is 19.2 Å². The van der Waals surface area contributed by atoms with Gasteiger partial charge >= 0.3 is 0 Å². The average molecular weight is 477 g/mol. The number of anilines is 2. The van der Waals surface area contributed by atoms with Crippen LogP contribution in [-0.2, 0) is 0 Å². The summed E-state index contributed by atoms with van der Waals surface area (Å²) in [4.78, 5) is 6.99. The van der Waals surface area contributed by atoms with Crippen LogP contribution in [0, 0.1) is 24.1 Å². The van der Waals surface area contributed by atoms with Crippen molar-refractivity contribution in [3.05, 3.63) is 59.5 Å². The SMILES string of the molecule is CNc1ccc(-c2nc3n[nH]c(C)c3c(-c3ccc(N4CCCCC4)cc3)c2C#N)c(F)c1.Cl. The summed E-state index contributed by atoms with van der Waals surface area (Å²) in [6, 6.07) is 15.4. The maximum atomic E-state index is 15.0. The molecule has 5 rings (SSSR count). The number of benzene rings is 2. The molecule has 2 aromatic heterocycles. The first kappa shape index (κ1) is 23.5. The van der Waals surface area contributed by atoms with Crippen molar-refractivity contribution in [2.45, 2.75) is 26.2 Å². The lowest BCUT2D eigenvalue weighted by Crippen LogP contribution is -2.29. The Labute approximate surface area is 204 Å². The van der Waals surface area contributed by atoms with Crippen molar-refractivity contribution in [2.24, 2.45) is 0 Å². The fraction of sp³-hybridized carbons (Fsp3) is 0.269. The Hall–Kier alpha value is -3.63. The molecule has 0 radical (unpaired) electrons. The molecule has 0 aliphatic carbocycles. The van der Waals surface area contributed by atoms with E-state index in [2.05, 4.69) is 43.6 Å². The number of hydrogen-bond donors (Lipinski definition) is 2. The third-order valence-corrected chi connectivity index (χ3v) is 6.38. The molecular formula is C26H26ClFN6. The first-order valence-electron chi connectivity index (χ1n) is 11.2. The van der Waals surface area contributed by atoms with Crippen molar-refractivity contribution in [2.75, 3.05) is 30.4 Å². The van der Waals surface area contributed by atoms with Gasteiger partial charge in [-0.1, -0.05) is 12.1 Å². The van der Waals surface area contributed by atoms with Gasteiger partial charge in [0.1, 0.15) is 11.9 Å². The Morgan fingerprint density at radius 3 is 2.47 bits per heavy atom. The fourth-order valence-corrected chi connectivity index (χ4v) is 4.65. The van der Waals surface area contributed by atoms with Gasteiger partial charge in [-0.15, -0.1) is 12.4 Å². The molecule has 34 heavy (non-hydrogen) atoms. The normalized spacial score (nSPS) is 13.4. The summed E-state index contributed by atoms with van der Waals surface area (Å²) in [6.07, 6.45) is 3.70. The number of H-pyrrole nitrogens is 1. The molecule has 1 aliphatic rings. The van der Waals surface area contributed by atoms with E-state index >= 15 is 4.39 Å². The van der Waals surface area contributed by atoms with Gasteiger partial charge in [-0.3, -0.25) is 5.10 Å². The van der Waals surface area contributed by atoms with Crippen molar-refractivity contribution in [3.63, 3.8) is 0 Å². The molecule has 0 bridgehead atoms. The van der Waals surface area contributed by atoms with Crippen molar-refractivity contribution < 1.29 is 4.39 Å². The quantitative estimate of drug-likeness (QED) is 0.374. The Bertz CT molecular complexity index is 1370. The Balaban J connectivity index is 0.00000274. The van der Waals surface area contributed by atoms with E-state index in [9.17, 15) is 5.26 Å². The molecule has 3 heterocycles. The first-order chi connectivity index (χ1) is 16.1. The van der Waals surface area contributed by atoms with Crippen LogP contribution in [0.2, 0.25) is 0 Å². The number of piperidine rings is 1. The highest BCUT2D eigenvalue weighted by molar-refractivity contribution is 6.01. The lowest BCUT2D eigenvalue weighted by Gasteiger charge is -2.29. The minimum Gasteiger partial charge on any atom is -0.388 e. The number of aromatic amines is 1. The highest BCUT2D eigenvalue weighted by atomic mass is 35.5. The van der Waals surface area contributed by atoms with E-state index in [4.69, 9.17) is 0 Å². The third-order valence-electron chi connectivity index (χ3n) is 6.38. The number of nitriles is 1. The Morgan fingerprint density at radius 2 is 1.82 bits per heavy atom. The molecule has 6 nitrogen and oxygen atoms in total. The van der Waals surface area contributed by atoms with Crippen LogP contribution in [0.15, 0.2) is 42.5 Å². The number of rotatable bonds is 4. The minimum absolute atomic E-state index is 0. The highest BCUT2D eigenvalue weighted by Gasteiger charge is 2.23. The molecule has 2 aromatic carbocycles. The van der Waals surface area contributed by atoms with Crippen LogP contribution >= 0.6 is 12.4 Å². The summed E-state index contributed by atoms with van der Waals surface area (Å²) in [5.41, 5.74) is 5.65. The Morgan fingerprint density at radius 1 is 1.09 bits per heavy atom. The summed E-state index contributed by atoms with van der Waals surface area (Å²) >= 11 is 0. The predicted octanol–water partition coefficient (Wildman–Crippen LogP) is 6.06. The van der Waals surface area contributed by atoms with Gasteiger partial charge in [-0.05, 0) is 62.1 Å². The maximum absolute atomic E-state index is 15.0. The summed E-state index contributed by atoms with van der Waals surface area (Å²) < 4.78 is 15.0. The van der Waals surface area contributed by atoms with Gasteiger partial charge in [0.25, 0.3) is 0 Å². The smallest absolute Gasteiger partial charge is 0.182 e. The molecule has 4 aromatic rings. The monoisotopic (exact) mass is 476 g/mol. The average Bonchev–Trinajstić information content (AvgIpc) is 3.23. The van der Waals surface area contributed by atoms with Crippen LogP contribution in [0.25, 0.3) is 33.4 Å². The van der Waals surface area contributed by atoms with Gasteiger partial charge in [0, 0.05) is 48.3 Å². The van der Waals surface area contributed by atoms with Gasteiger partial charge in [-0.2, -0.15) is 10.4 Å². The maximum Gasteiger partial charge on any atom is 0.182 e. The molecule has 0 unspecified atom stereocenters. The number of nitrogens with zero attached hydrogens (tertiary/aromatic N) is 4. The molecule has 0 atom stereocenters. The molecule has 174 valence electrons.